The van der Waals surface area contributed by atoms with Gasteiger partial charge in [0.2, 0.25) is 0 Å². The Morgan fingerprint density at radius 3 is 2.78 bits per heavy atom. The van der Waals surface area contributed by atoms with E-state index in [-0.39, 0.29) is 11.8 Å². The number of hydrogen-bond donors (Lipinski definition) is 3. The third-order valence-electron chi connectivity index (χ3n) is 3.02. The van der Waals surface area contributed by atoms with Gasteiger partial charge in [-0.05, 0) is 43.7 Å². The quantitative estimate of drug-likeness (QED) is 0.770. The maximum absolute atomic E-state index is 12.7. The molecule has 1 aromatic carbocycles. The molecule has 18 heavy (non-hydrogen) atoms. The van der Waals surface area contributed by atoms with Crippen molar-refractivity contribution in [2.24, 2.45) is 0 Å². The van der Waals surface area contributed by atoms with Gasteiger partial charge in [-0.1, -0.05) is 6.42 Å². The van der Waals surface area contributed by atoms with Crippen LogP contribution in [0.3, 0.4) is 0 Å². The van der Waals surface area contributed by atoms with Crippen LogP contribution in [0.5, 0.6) is 0 Å². The average Bonchev–Trinajstić information content (AvgIpc) is 2.40. The van der Waals surface area contributed by atoms with Crippen molar-refractivity contribution < 1.29 is 9.18 Å². The highest BCUT2D eigenvalue weighted by molar-refractivity contribution is 5.89. The standard InChI is InChI=1S/C13H18FN3O/c14-10-4-6-11(7-5-10)17-13(18)16-9-12-3-1-2-8-15-12/h4-7,12,15H,1-3,8-9H2,(H2,16,17,18). The van der Waals surface area contributed by atoms with E-state index in [1.807, 2.05) is 0 Å². The van der Waals surface area contributed by atoms with Gasteiger partial charge in [-0.15, -0.1) is 0 Å². The molecule has 0 aromatic heterocycles. The van der Waals surface area contributed by atoms with Crippen molar-refractivity contribution in [1.29, 1.82) is 0 Å². The Balaban J connectivity index is 1.73. The minimum Gasteiger partial charge on any atom is -0.336 e. The molecule has 1 fully saturated rings. The predicted octanol–water partition coefficient (Wildman–Crippen LogP) is 2.09. The topological polar surface area (TPSA) is 53.2 Å². The van der Waals surface area contributed by atoms with Crippen molar-refractivity contribution in [2.45, 2.75) is 25.3 Å². The molecule has 4 nitrogen and oxygen atoms in total. The van der Waals surface area contributed by atoms with Crippen LogP contribution >= 0.6 is 0 Å². The van der Waals surface area contributed by atoms with E-state index >= 15 is 0 Å². The predicted molar refractivity (Wildman–Crippen MR) is 69.1 cm³/mol. The lowest BCUT2D eigenvalue weighted by Crippen LogP contribution is -2.44. The van der Waals surface area contributed by atoms with Crippen LogP contribution in [0.25, 0.3) is 0 Å². The third kappa shape index (κ3) is 4.00. The summed E-state index contributed by atoms with van der Waals surface area (Å²) in [5.74, 6) is -0.313. The number of amides is 2. The number of halogens is 1. The summed E-state index contributed by atoms with van der Waals surface area (Å²) in [6.07, 6.45) is 3.51. The summed E-state index contributed by atoms with van der Waals surface area (Å²) in [6.45, 7) is 1.64. The lowest BCUT2D eigenvalue weighted by Gasteiger charge is -2.23. The fraction of sp³-hybridized carbons (Fsp3) is 0.462. The van der Waals surface area contributed by atoms with E-state index in [0.717, 1.165) is 13.0 Å². The van der Waals surface area contributed by atoms with Gasteiger partial charge >= 0.3 is 6.03 Å². The smallest absolute Gasteiger partial charge is 0.319 e. The molecule has 2 amide bonds. The first kappa shape index (κ1) is 12.8. The SMILES string of the molecule is O=C(NCC1CCCCN1)Nc1ccc(F)cc1. The van der Waals surface area contributed by atoms with Gasteiger partial charge in [0.05, 0.1) is 0 Å². The molecule has 0 radical (unpaired) electrons. The van der Waals surface area contributed by atoms with Crippen molar-refractivity contribution in [2.75, 3.05) is 18.4 Å². The molecule has 0 aliphatic carbocycles. The van der Waals surface area contributed by atoms with Gasteiger partial charge in [0.25, 0.3) is 0 Å². The van der Waals surface area contributed by atoms with E-state index in [1.54, 1.807) is 0 Å². The summed E-state index contributed by atoms with van der Waals surface area (Å²) in [7, 11) is 0. The van der Waals surface area contributed by atoms with Gasteiger partial charge in [0.1, 0.15) is 5.82 Å². The molecule has 0 spiro atoms. The van der Waals surface area contributed by atoms with Crippen molar-refractivity contribution in [1.82, 2.24) is 10.6 Å². The van der Waals surface area contributed by atoms with Crippen LogP contribution in [-0.2, 0) is 0 Å². The van der Waals surface area contributed by atoms with Gasteiger partial charge < -0.3 is 16.0 Å². The van der Waals surface area contributed by atoms with E-state index in [2.05, 4.69) is 16.0 Å². The highest BCUT2D eigenvalue weighted by Crippen LogP contribution is 2.08. The Kier molecular flexibility index (Phi) is 4.52. The van der Waals surface area contributed by atoms with E-state index in [9.17, 15) is 9.18 Å². The Morgan fingerprint density at radius 2 is 2.11 bits per heavy atom. The first-order chi connectivity index (χ1) is 8.74. The number of rotatable bonds is 3. The Morgan fingerprint density at radius 1 is 1.33 bits per heavy atom. The molecule has 1 unspecified atom stereocenters. The zero-order chi connectivity index (χ0) is 12.8. The van der Waals surface area contributed by atoms with Crippen molar-refractivity contribution in [3.8, 4) is 0 Å². The van der Waals surface area contributed by atoms with Gasteiger partial charge in [-0.25, -0.2) is 9.18 Å². The van der Waals surface area contributed by atoms with Crippen LogP contribution in [0.1, 0.15) is 19.3 Å². The number of carbonyl (C=O) groups excluding carboxylic acids is 1. The first-order valence-electron chi connectivity index (χ1n) is 6.28. The van der Waals surface area contributed by atoms with Crippen LogP contribution in [-0.4, -0.2) is 25.2 Å². The molecule has 1 aromatic rings. The van der Waals surface area contributed by atoms with Crippen molar-refractivity contribution in [3.63, 3.8) is 0 Å². The Hall–Kier alpha value is -1.62. The molecule has 1 atom stereocenters. The maximum atomic E-state index is 12.7. The van der Waals surface area contributed by atoms with E-state index in [4.69, 9.17) is 0 Å². The van der Waals surface area contributed by atoms with E-state index in [1.165, 1.54) is 37.1 Å². The molecule has 98 valence electrons. The molecule has 1 aliphatic rings. The summed E-state index contributed by atoms with van der Waals surface area (Å²) in [6, 6.07) is 5.81. The highest BCUT2D eigenvalue weighted by Gasteiger charge is 2.13. The number of nitrogens with one attached hydrogen (secondary N) is 3. The molecule has 3 N–H and O–H groups in total. The molecular weight excluding hydrogens is 233 g/mol. The summed E-state index contributed by atoms with van der Waals surface area (Å²) >= 11 is 0. The molecule has 0 bridgehead atoms. The lowest BCUT2D eigenvalue weighted by molar-refractivity contribution is 0.249. The fourth-order valence-electron chi connectivity index (χ4n) is 2.02. The minimum atomic E-state index is -0.313. The lowest BCUT2D eigenvalue weighted by atomic mass is 10.1. The van der Waals surface area contributed by atoms with Gasteiger partial charge in [0.15, 0.2) is 0 Å². The second-order valence-electron chi connectivity index (χ2n) is 4.49. The highest BCUT2D eigenvalue weighted by atomic mass is 19.1. The second-order valence-corrected chi connectivity index (χ2v) is 4.49. The Bertz CT molecular complexity index is 388. The monoisotopic (exact) mass is 251 g/mol. The molecular formula is C13H18FN3O. The number of piperidine rings is 1. The van der Waals surface area contributed by atoms with Crippen LogP contribution in [0.2, 0.25) is 0 Å². The van der Waals surface area contributed by atoms with Crippen LogP contribution in [0.4, 0.5) is 14.9 Å². The molecule has 2 rings (SSSR count). The minimum absolute atomic E-state index is 0.256. The summed E-state index contributed by atoms with van der Waals surface area (Å²) in [5, 5.41) is 8.83. The van der Waals surface area contributed by atoms with Gasteiger partial charge in [-0.2, -0.15) is 0 Å². The maximum Gasteiger partial charge on any atom is 0.319 e. The molecule has 5 heteroatoms. The fourth-order valence-corrected chi connectivity index (χ4v) is 2.02. The number of benzene rings is 1. The normalized spacial score (nSPS) is 19.3. The number of hydrogen-bond acceptors (Lipinski definition) is 2. The molecule has 1 aliphatic heterocycles. The van der Waals surface area contributed by atoms with Crippen molar-refractivity contribution >= 4 is 11.7 Å². The van der Waals surface area contributed by atoms with Gasteiger partial charge in [0, 0.05) is 18.3 Å². The van der Waals surface area contributed by atoms with Crippen molar-refractivity contribution in [3.05, 3.63) is 30.1 Å². The molecule has 0 saturated carbocycles. The van der Waals surface area contributed by atoms with Gasteiger partial charge in [-0.3, -0.25) is 0 Å². The summed E-state index contributed by atoms with van der Waals surface area (Å²) in [5.41, 5.74) is 0.588. The largest absolute Gasteiger partial charge is 0.336 e. The molecule has 1 saturated heterocycles. The number of anilines is 1. The molecule has 1 heterocycles. The Labute approximate surface area is 106 Å². The van der Waals surface area contributed by atoms with E-state index < -0.39 is 0 Å². The summed E-state index contributed by atoms with van der Waals surface area (Å²) in [4.78, 5) is 11.6. The summed E-state index contributed by atoms with van der Waals surface area (Å²) < 4.78 is 12.7. The van der Waals surface area contributed by atoms with E-state index in [0.29, 0.717) is 18.3 Å². The number of carbonyl (C=O) groups is 1. The number of urea groups is 1. The van der Waals surface area contributed by atoms with Crippen LogP contribution in [0.15, 0.2) is 24.3 Å². The third-order valence-corrected chi connectivity index (χ3v) is 3.02. The zero-order valence-electron chi connectivity index (χ0n) is 10.2. The second kappa shape index (κ2) is 6.35. The first-order valence-corrected chi connectivity index (χ1v) is 6.28. The zero-order valence-corrected chi connectivity index (χ0v) is 10.2. The van der Waals surface area contributed by atoms with Crippen LogP contribution in [0, 0.1) is 5.82 Å². The average molecular weight is 251 g/mol. The van der Waals surface area contributed by atoms with Crippen LogP contribution < -0.4 is 16.0 Å².